The lowest BCUT2D eigenvalue weighted by Gasteiger charge is -2.34. The predicted molar refractivity (Wildman–Crippen MR) is 127 cm³/mol. The van der Waals surface area contributed by atoms with Crippen LogP contribution in [-0.2, 0) is 11.3 Å². The summed E-state index contributed by atoms with van der Waals surface area (Å²) in [6.45, 7) is 6.60. The van der Waals surface area contributed by atoms with Crippen LogP contribution in [0.5, 0.6) is 0 Å². The number of carbonyl (C=O) groups excluding carboxylic acids is 2. The minimum Gasteiger partial charge on any atom is -0.336 e. The molecule has 0 radical (unpaired) electrons. The Bertz CT molecular complexity index is 1300. The van der Waals surface area contributed by atoms with Gasteiger partial charge in [-0.15, -0.1) is 0 Å². The Labute approximate surface area is 190 Å². The molecule has 0 atom stereocenters. The van der Waals surface area contributed by atoms with Crippen molar-refractivity contribution in [2.75, 3.05) is 38.0 Å². The molecule has 172 valence electrons. The average molecular weight is 450 g/mol. The van der Waals surface area contributed by atoms with Crippen molar-refractivity contribution >= 4 is 28.5 Å². The lowest BCUT2D eigenvalue weighted by atomic mass is 10.1. The van der Waals surface area contributed by atoms with Gasteiger partial charge in [-0.05, 0) is 44.2 Å². The van der Waals surface area contributed by atoms with Gasteiger partial charge in [0.2, 0.25) is 5.91 Å². The van der Waals surface area contributed by atoms with Crippen LogP contribution in [0.3, 0.4) is 0 Å². The van der Waals surface area contributed by atoms with Crippen LogP contribution in [0.4, 0.5) is 5.69 Å². The number of fused-ring (bicyclic) bond motifs is 1. The molecule has 1 aromatic heterocycles. The first-order valence-corrected chi connectivity index (χ1v) is 11.0. The molecule has 33 heavy (non-hydrogen) atoms. The molecule has 1 fully saturated rings. The molecule has 9 heteroatoms. The third-order valence-electron chi connectivity index (χ3n) is 5.90. The number of carbonyl (C=O) groups is 2. The van der Waals surface area contributed by atoms with Gasteiger partial charge in [0.1, 0.15) is 0 Å². The molecule has 1 aliphatic rings. The zero-order valence-electron chi connectivity index (χ0n) is 18.8. The number of piperazine rings is 1. The van der Waals surface area contributed by atoms with Gasteiger partial charge in [-0.1, -0.05) is 17.7 Å². The van der Waals surface area contributed by atoms with Gasteiger partial charge < -0.3 is 19.8 Å². The molecule has 9 nitrogen and oxygen atoms in total. The Balaban J connectivity index is 1.38. The second-order valence-electron chi connectivity index (χ2n) is 8.22. The maximum atomic E-state index is 13.0. The van der Waals surface area contributed by atoms with E-state index < -0.39 is 11.1 Å². The van der Waals surface area contributed by atoms with Crippen LogP contribution in [0.1, 0.15) is 22.8 Å². The Morgan fingerprint density at radius 2 is 1.70 bits per heavy atom. The van der Waals surface area contributed by atoms with E-state index in [0.29, 0.717) is 49.3 Å². The Kier molecular flexibility index (Phi) is 6.41. The lowest BCUT2D eigenvalue weighted by Crippen LogP contribution is -2.50. The molecule has 0 spiro atoms. The fourth-order valence-electron chi connectivity index (χ4n) is 4.06. The quantitative estimate of drug-likeness (QED) is 0.573. The highest BCUT2D eigenvalue weighted by Gasteiger charge is 2.24. The number of benzene rings is 2. The topological polar surface area (TPSA) is 108 Å². The number of rotatable bonds is 5. The molecule has 0 aliphatic carbocycles. The standard InChI is InChI=1S/C24H27N5O4/c1-3-29-20-9-6-17(14-19(20)26-22(31)24(29)33)23(32)28-12-10-27(11-13-28)15-21(30)25-18-7-4-16(2)5-8-18/h4-9,14H,3,10-13,15H2,1-2H3,(H,25,30)(H,26,31). The molecule has 3 aromatic rings. The summed E-state index contributed by atoms with van der Waals surface area (Å²) in [5, 5.41) is 2.90. The first kappa shape index (κ1) is 22.5. The van der Waals surface area contributed by atoms with Crippen molar-refractivity contribution in [2.45, 2.75) is 20.4 Å². The highest BCUT2D eigenvalue weighted by Crippen LogP contribution is 2.15. The van der Waals surface area contributed by atoms with Crippen LogP contribution in [0.15, 0.2) is 52.1 Å². The summed E-state index contributed by atoms with van der Waals surface area (Å²) in [5.41, 5.74) is 2.08. The van der Waals surface area contributed by atoms with Crippen molar-refractivity contribution in [1.29, 1.82) is 0 Å². The normalized spacial score (nSPS) is 14.4. The van der Waals surface area contributed by atoms with Crippen molar-refractivity contribution in [1.82, 2.24) is 19.4 Å². The lowest BCUT2D eigenvalue weighted by molar-refractivity contribution is -0.117. The zero-order chi connectivity index (χ0) is 23.5. The highest BCUT2D eigenvalue weighted by molar-refractivity contribution is 5.97. The number of amides is 2. The molecule has 1 saturated heterocycles. The first-order chi connectivity index (χ1) is 15.9. The minimum absolute atomic E-state index is 0.0842. The minimum atomic E-state index is -0.702. The van der Waals surface area contributed by atoms with E-state index >= 15 is 0 Å². The van der Waals surface area contributed by atoms with E-state index in [4.69, 9.17) is 0 Å². The summed E-state index contributed by atoms with van der Waals surface area (Å²) in [6, 6.07) is 12.6. The van der Waals surface area contributed by atoms with Crippen LogP contribution in [0.25, 0.3) is 11.0 Å². The second-order valence-corrected chi connectivity index (χ2v) is 8.22. The van der Waals surface area contributed by atoms with Gasteiger partial charge in [0, 0.05) is 44.0 Å². The molecule has 0 saturated carbocycles. The molecule has 0 unspecified atom stereocenters. The molecule has 4 rings (SSSR count). The largest absolute Gasteiger partial charge is 0.336 e. The Hall–Kier alpha value is -3.72. The number of anilines is 1. The van der Waals surface area contributed by atoms with E-state index in [1.807, 2.05) is 36.1 Å². The number of aryl methyl sites for hydroxylation is 2. The highest BCUT2D eigenvalue weighted by atomic mass is 16.2. The molecule has 0 bridgehead atoms. The number of H-pyrrole nitrogens is 1. The zero-order valence-corrected chi connectivity index (χ0v) is 18.8. The van der Waals surface area contributed by atoms with E-state index in [9.17, 15) is 19.2 Å². The summed E-state index contributed by atoms with van der Waals surface area (Å²) in [6.07, 6.45) is 0. The van der Waals surface area contributed by atoms with Crippen molar-refractivity contribution in [3.05, 3.63) is 74.3 Å². The second kappa shape index (κ2) is 9.41. The monoisotopic (exact) mass is 449 g/mol. The van der Waals surface area contributed by atoms with E-state index in [2.05, 4.69) is 10.3 Å². The van der Waals surface area contributed by atoms with Crippen molar-refractivity contribution in [2.24, 2.45) is 0 Å². The van der Waals surface area contributed by atoms with Crippen LogP contribution in [-0.4, -0.2) is 63.9 Å². The van der Waals surface area contributed by atoms with Gasteiger partial charge in [-0.3, -0.25) is 24.1 Å². The predicted octanol–water partition coefficient (Wildman–Crippen LogP) is 1.41. The van der Waals surface area contributed by atoms with Crippen LogP contribution < -0.4 is 16.4 Å². The van der Waals surface area contributed by atoms with E-state index in [0.717, 1.165) is 11.3 Å². The van der Waals surface area contributed by atoms with Crippen molar-refractivity contribution in [3.8, 4) is 0 Å². The Morgan fingerprint density at radius 1 is 1.00 bits per heavy atom. The maximum Gasteiger partial charge on any atom is 0.316 e. The molecule has 1 aliphatic heterocycles. The van der Waals surface area contributed by atoms with Gasteiger partial charge in [0.15, 0.2) is 0 Å². The van der Waals surface area contributed by atoms with E-state index in [-0.39, 0.29) is 18.4 Å². The summed E-state index contributed by atoms with van der Waals surface area (Å²) >= 11 is 0. The fourth-order valence-corrected chi connectivity index (χ4v) is 4.06. The van der Waals surface area contributed by atoms with Crippen LogP contribution in [0.2, 0.25) is 0 Å². The Morgan fingerprint density at radius 3 is 2.36 bits per heavy atom. The van der Waals surface area contributed by atoms with E-state index in [1.165, 1.54) is 4.57 Å². The maximum absolute atomic E-state index is 13.0. The van der Waals surface area contributed by atoms with Crippen LogP contribution in [0, 0.1) is 6.92 Å². The summed E-state index contributed by atoms with van der Waals surface area (Å²) in [5.74, 6) is -0.227. The third-order valence-corrected chi connectivity index (χ3v) is 5.90. The smallest absolute Gasteiger partial charge is 0.316 e. The number of nitrogens with one attached hydrogen (secondary N) is 2. The average Bonchev–Trinajstić information content (AvgIpc) is 2.81. The number of nitrogens with zero attached hydrogens (tertiary/aromatic N) is 3. The van der Waals surface area contributed by atoms with Gasteiger partial charge in [0.05, 0.1) is 17.6 Å². The van der Waals surface area contributed by atoms with Gasteiger partial charge >= 0.3 is 11.1 Å². The summed E-state index contributed by atoms with van der Waals surface area (Å²) in [7, 11) is 0. The van der Waals surface area contributed by atoms with Crippen molar-refractivity contribution in [3.63, 3.8) is 0 Å². The van der Waals surface area contributed by atoms with E-state index in [1.54, 1.807) is 30.0 Å². The van der Waals surface area contributed by atoms with Gasteiger partial charge in [0.25, 0.3) is 5.91 Å². The SMILES string of the molecule is CCn1c(=O)c(=O)[nH]c2cc(C(=O)N3CCN(CC(=O)Nc4ccc(C)cc4)CC3)ccc21. The molecule has 2 N–H and O–H groups in total. The van der Waals surface area contributed by atoms with Crippen molar-refractivity contribution < 1.29 is 9.59 Å². The number of aromatic amines is 1. The molecule has 2 amide bonds. The summed E-state index contributed by atoms with van der Waals surface area (Å²) in [4.78, 5) is 55.6. The number of aromatic nitrogens is 2. The molecule has 2 aromatic carbocycles. The molecule has 2 heterocycles. The molecular weight excluding hydrogens is 422 g/mol. The third kappa shape index (κ3) is 4.88. The number of hydrogen-bond acceptors (Lipinski definition) is 5. The summed E-state index contributed by atoms with van der Waals surface area (Å²) < 4.78 is 1.39. The van der Waals surface area contributed by atoms with Gasteiger partial charge in [-0.25, -0.2) is 0 Å². The van der Waals surface area contributed by atoms with Crippen LogP contribution >= 0.6 is 0 Å². The van der Waals surface area contributed by atoms with Gasteiger partial charge in [-0.2, -0.15) is 0 Å². The first-order valence-electron chi connectivity index (χ1n) is 11.0. The fraction of sp³-hybridized carbons (Fsp3) is 0.333. The molecular formula is C24H27N5O4. The number of hydrogen-bond donors (Lipinski definition) is 2.